The summed E-state index contributed by atoms with van der Waals surface area (Å²) in [7, 11) is 0. The molecule has 1 aromatic rings. The number of aromatic nitrogens is 2. The summed E-state index contributed by atoms with van der Waals surface area (Å²) in [4.78, 5) is 10.2. The minimum atomic E-state index is 0.123. The van der Waals surface area contributed by atoms with Crippen LogP contribution in [0.25, 0.3) is 0 Å². The van der Waals surface area contributed by atoms with Crippen molar-refractivity contribution in [1.29, 1.82) is 0 Å². The standard InChI is InChI=1S/C8H11N3O/c12-7-5-9-8(10-6-7)11-3-1-2-4-11/h5-6,12H,1-4H2. The third kappa shape index (κ3) is 1.32. The predicted octanol–water partition coefficient (Wildman–Crippen LogP) is 0.782. The van der Waals surface area contributed by atoms with Crippen molar-refractivity contribution < 1.29 is 5.11 Å². The highest BCUT2D eigenvalue weighted by Gasteiger charge is 2.13. The molecule has 1 fully saturated rings. The highest BCUT2D eigenvalue weighted by Crippen LogP contribution is 2.15. The Morgan fingerprint density at radius 1 is 1.17 bits per heavy atom. The molecular weight excluding hydrogens is 154 g/mol. The lowest BCUT2D eigenvalue weighted by Crippen LogP contribution is -2.19. The summed E-state index contributed by atoms with van der Waals surface area (Å²) in [6.45, 7) is 2.07. The Bertz CT molecular complexity index is 254. The number of aromatic hydroxyl groups is 1. The molecule has 12 heavy (non-hydrogen) atoms. The van der Waals surface area contributed by atoms with Gasteiger partial charge < -0.3 is 10.0 Å². The fourth-order valence-corrected chi connectivity index (χ4v) is 1.39. The van der Waals surface area contributed by atoms with Gasteiger partial charge in [-0.25, -0.2) is 9.97 Å². The third-order valence-corrected chi connectivity index (χ3v) is 2.01. The van der Waals surface area contributed by atoms with Crippen LogP contribution in [0, 0.1) is 0 Å². The van der Waals surface area contributed by atoms with Gasteiger partial charge in [-0.15, -0.1) is 0 Å². The molecule has 4 heteroatoms. The monoisotopic (exact) mass is 165 g/mol. The van der Waals surface area contributed by atoms with Crippen LogP contribution >= 0.6 is 0 Å². The van der Waals surface area contributed by atoms with Crippen molar-refractivity contribution in [2.24, 2.45) is 0 Å². The van der Waals surface area contributed by atoms with Gasteiger partial charge in [-0.1, -0.05) is 0 Å². The molecule has 1 N–H and O–H groups in total. The zero-order chi connectivity index (χ0) is 8.39. The molecule has 2 rings (SSSR count). The molecule has 0 amide bonds. The Morgan fingerprint density at radius 2 is 1.75 bits per heavy atom. The molecule has 2 heterocycles. The van der Waals surface area contributed by atoms with E-state index in [0.717, 1.165) is 19.0 Å². The highest BCUT2D eigenvalue weighted by atomic mass is 16.3. The van der Waals surface area contributed by atoms with Gasteiger partial charge in [-0.05, 0) is 12.8 Å². The van der Waals surface area contributed by atoms with E-state index < -0.39 is 0 Å². The van der Waals surface area contributed by atoms with E-state index in [1.54, 1.807) is 0 Å². The number of anilines is 1. The Labute approximate surface area is 70.9 Å². The van der Waals surface area contributed by atoms with Gasteiger partial charge in [0.05, 0.1) is 12.4 Å². The van der Waals surface area contributed by atoms with E-state index in [9.17, 15) is 0 Å². The predicted molar refractivity (Wildman–Crippen MR) is 45.1 cm³/mol. The molecule has 1 aromatic heterocycles. The molecule has 0 saturated carbocycles. The Morgan fingerprint density at radius 3 is 2.33 bits per heavy atom. The number of hydrogen-bond donors (Lipinski definition) is 1. The number of hydrogen-bond acceptors (Lipinski definition) is 4. The van der Waals surface area contributed by atoms with Crippen molar-refractivity contribution in [2.45, 2.75) is 12.8 Å². The zero-order valence-corrected chi connectivity index (χ0v) is 6.77. The van der Waals surface area contributed by atoms with Crippen LogP contribution in [0.15, 0.2) is 12.4 Å². The molecule has 0 spiro atoms. The van der Waals surface area contributed by atoms with Gasteiger partial charge >= 0.3 is 0 Å². The lowest BCUT2D eigenvalue weighted by Gasteiger charge is -2.13. The average molecular weight is 165 g/mol. The van der Waals surface area contributed by atoms with Gasteiger partial charge in [0.25, 0.3) is 0 Å². The maximum atomic E-state index is 8.96. The fraction of sp³-hybridized carbons (Fsp3) is 0.500. The minimum Gasteiger partial charge on any atom is -0.505 e. The second-order valence-electron chi connectivity index (χ2n) is 2.94. The first-order chi connectivity index (χ1) is 5.86. The second-order valence-corrected chi connectivity index (χ2v) is 2.94. The van der Waals surface area contributed by atoms with Crippen LogP contribution in [-0.4, -0.2) is 28.2 Å². The lowest BCUT2D eigenvalue weighted by atomic mass is 10.4. The van der Waals surface area contributed by atoms with Crippen molar-refractivity contribution in [3.8, 4) is 5.75 Å². The molecule has 0 unspecified atom stereocenters. The summed E-state index contributed by atoms with van der Waals surface area (Å²) in [6, 6.07) is 0. The third-order valence-electron chi connectivity index (χ3n) is 2.01. The van der Waals surface area contributed by atoms with Gasteiger partial charge in [0.1, 0.15) is 0 Å². The summed E-state index contributed by atoms with van der Waals surface area (Å²) >= 11 is 0. The van der Waals surface area contributed by atoms with Crippen molar-refractivity contribution in [1.82, 2.24) is 9.97 Å². The van der Waals surface area contributed by atoms with Crippen molar-refractivity contribution in [3.05, 3.63) is 12.4 Å². The maximum absolute atomic E-state index is 8.96. The molecule has 0 bridgehead atoms. The first kappa shape index (κ1) is 7.34. The minimum absolute atomic E-state index is 0.123. The Hall–Kier alpha value is -1.32. The Balaban J connectivity index is 2.17. The molecule has 4 nitrogen and oxygen atoms in total. The van der Waals surface area contributed by atoms with Crippen LogP contribution in [-0.2, 0) is 0 Å². The molecule has 1 aliphatic rings. The van der Waals surface area contributed by atoms with E-state index in [1.807, 2.05) is 0 Å². The topological polar surface area (TPSA) is 49.3 Å². The van der Waals surface area contributed by atoms with Gasteiger partial charge in [0, 0.05) is 13.1 Å². The van der Waals surface area contributed by atoms with Crippen molar-refractivity contribution in [2.75, 3.05) is 18.0 Å². The smallest absolute Gasteiger partial charge is 0.225 e. The van der Waals surface area contributed by atoms with E-state index in [2.05, 4.69) is 14.9 Å². The van der Waals surface area contributed by atoms with E-state index >= 15 is 0 Å². The normalized spacial score (nSPS) is 16.8. The van der Waals surface area contributed by atoms with Gasteiger partial charge in [-0.3, -0.25) is 0 Å². The van der Waals surface area contributed by atoms with E-state index in [1.165, 1.54) is 25.2 Å². The summed E-state index contributed by atoms with van der Waals surface area (Å²) in [5.41, 5.74) is 0. The molecule has 0 aliphatic carbocycles. The van der Waals surface area contributed by atoms with Crippen LogP contribution in [0.3, 0.4) is 0 Å². The molecule has 1 aliphatic heterocycles. The fourth-order valence-electron chi connectivity index (χ4n) is 1.39. The summed E-state index contributed by atoms with van der Waals surface area (Å²) in [5.74, 6) is 0.850. The number of rotatable bonds is 1. The SMILES string of the molecule is Oc1cnc(N2CCCC2)nc1. The van der Waals surface area contributed by atoms with E-state index in [0.29, 0.717) is 0 Å². The molecule has 0 atom stereocenters. The molecular formula is C8H11N3O. The maximum Gasteiger partial charge on any atom is 0.225 e. The molecule has 0 aromatic carbocycles. The van der Waals surface area contributed by atoms with E-state index in [-0.39, 0.29) is 5.75 Å². The van der Waals surface area contributed by atoms with Crippen molar-refractivity contribution >= 4 is 5.95 Å². The van der Waals surface area contributed by atoms with E-state index in [4.69, 9.17) is 5.11 Å². The van der Waals surface area contributed by atoms with Crippen LogP contribution in [0.2, 0.25) is 0 Å². The molecule has 1 saturated heterocycles. The first-order valence-corrected chi connectivity index (χ1v) is 4.12. The first-order valence-electron chi connectivity index (χ1n) is 4.12. The Kier molecular flexibility index (Phi) is 1.81. The summed E-state index contributed by atoms with van der Waals surface area (Å²) in [6.07, 6.45) is 5.29. The van der Waals surface area contributed by atoms with Gasteiger partial charge in [0.2, 0.25) is 5.95 Å². The van der Waals surface area contributed by atoms with Crippen LogP contribution in [0.1, 0.15) is 12.8 Å². The summed E-state index contributed by atoms with van der Waals surface area (Å²) < 4.78 is 0. The second kappa shape index (κ2) is 2.97. The quantitative estimate of drug-likeness (QED) is 0.668. The highest BCUT2D eigenvalue weighted by molar-refractivity contribution is 5.31. The largest absolute Gasteiger partial charge is 0.505 e. The molecule has 64 valence electrons. The van der Waals surface area contributed by atoms with Crippen LogP contribution in [0.5, 0.6) is 5.75 Å². The van der Waals surface area contributed by atoms with Crippen molar-refractivity contribution in [3.63, 3.8) is 0 Å². The van der Waals surface area contributed by atoms with Gasteiger partial charge in [-0.2, -0.15) is 0 Å². The number of nitrogens with zero attached hydrogens (tertiary/aromatic N) is 3. The van der Waals surface area contributed by atoms with Crippen LogP contribution in [0.4, 0.5) is 5.95 Å². The van der Waals surface area contributed by atoms with Gasteiger partial charge in [0.15, 0.2) is 5.75 Å². The zero-order valence-electron chi connectivity index (χ0n) is 6.77. The van der Waals surface area contributed by atoms with Crippen LogP contribution < -0.4 is 4.90 Å². The average Bonchev–Trinajstić information content (AvgIpc) is 2.58. The summed E-state index contributed by atoms with van der Waals surface area (Å²) in [5, 5.41) is 8.96. The lowest BCUT2D eigenvalue weighted by molar-refractivity contribution is 0.469. The molecule has 0 radical (unpaired) electrons.